The topological polar surface area (TPSA) is 95.5 Å². The Morgan fingerprint density at radius 2 is 1.71 bits per heavy atom. The molecule has 28 heavy (non-hydrogen) atoms. The van der Waals surface area contributed by atoms with Crippen molar-refractivity contribution in [3.8, 4) is 11.8 Å². The molecule has 6 aliphatic carbocycles. The summed E-state index contributed by atoms with van der Waals surface area (Å²) in [5.74, 6) is 7.03. The lowest BCUT2D eigenvalue weighted by molar-refractivity contribution is -0.129. The lowest BCUT2D eigenvalue weighted by atomic mass is 9.58. The number of Topliss-reactive ketones (excluding diaryl/α,β-unsaturated/α-hetero) is 1. The first-order valence-electron chi connectivity index (χ1n) is 10.7. The molecule has 5 atom stereocenters. The number of carbonyl (C=O) groups is 3. The molecule has 5 unspecified atom stereocenters. The molecule has 6 aliphatic rings. The van der Waals surface area contributed by atoms with Crippen LogP contribution < -0.4 is 10.6 Å². The van der Waals surface area contributed by atoms with Crippen LogP contribution in [0.4, 0.5) is 0 Å². The molecular formula is C22H28N2O4. The van der Waals surface area contributed by atoms with Crippen LogP contribution >= 0.6 is 0 Å². The van der Waals surface area contributed by atoms with Crippen LogP contribution in [0.15, 0.2) is 0 Å². The van der Waals surface area contributed by atoms with E-state index in [1.54, 1.807) is 0 Å². The van der Waals surface area contributed by atoms with Crippen molar-refractivity contribution in [2.24, 2.45) is 40.9 Å². The maximum Gasteiger partial charge on any atom is 0.224 e. The minimum Gasteiger partial charge on any atom is -0.393 e. The maximum atomic E-state index is 12.3. The van der Waals surface area contributed by atoms with Gasteiger partial charge in [0.25, 0.3) is 0 Å². The van der Waals surface area contributed by atoms with Crippen molar-refractivity contribution < 1.29 is 19.5 Å². The van der Waals surface area contributed by atoms with Crippen molar-refractivity contribution in [3.05, 3.63) is 0 Å². The van der Waals surface area contributed by atoms with Crippen LogP contribution in [0, 0.1) is 52.8 Å². The molecular weight excluding hydrogens is 356 g/mol. The quantitative estimate of drug-likeness (QED) is 0.620. The summed E-state index contributed by atoms with van der Waals surface area (Å²) in [7, 11) is 0. The number of nitrogens with one attached hydrogen (secondary N) is 2. The first-order valence-corrected chi connectivity index (χ1v) is 10.7. The van der Waals surface area contributed by atoms with E-state index in [2.05, 4.69) is 22.5 Å². The van der Waals surface area contributed by atoms with Gasteiger partial charge in [-0.25, -0.2) is 0 Å². The molecule has 0 aromatic carbocycles. The molecule has 6 rings (SSSR count). The van der Waals surface area contributed by atoms with Gasteiger partial charge in [0.15, 0.2) is 0 Å². The normalized spacial score (nSPS) is 44.5. The Hall–Kier alpha value is -1.87. The molecule has 6 heteroatoms. The summed E-state index contributed by atoms with van der Waals surface area (Å²) in [6, 6.07) is 0. The Bertz CT molecular complexity index is 765. The first-order chi connectivity index (χ1) is 13.5. The number of carbonyl (C=O) groups excluding carboxylic acids is 3. The zero-order valence-electron chi connectivity index (χ0n) is 16.1. The van der Waals surface area contributed by atoms with E-state index in [0.29, 0.717) is 29.6 Å². The summed E-state index contributed by atoms with van der Waals surface area (Å²) in [4.78, 5) is 36.5. The Morgan fingerprint density at radius 1 is 1.07 bits per heavy atom. The zero-order valence-corrected chi connectivity index (χ0v) is 16.1. The van der Waals surface area contributed by atoms with Gasteiger partial charge >= 0.3 is 0 Å². The van der Waals surface area contributed by atoms with E-state index in [9.17, 15) is 19.5 Å². The third-order valence-electron chi connectivity index (χ3n) is 8.18. The molecule has 0 radical (unpaired) electrons. The van der Waals surface area contributed by atoms with E-state index in [1.165, 1.54) is 0 Å². The molecule has 6 nitrogen and oxygen atoms in total. The number of rotatable bonds is 4. The van der Waals surface area contributed by atoms with Crippen molar-refractivity contribution >= 4 is 17.6 Å². The molecule has 0 saturated heterocycles. The van der Waals surface area contributed by atoms with Crippen molar-refractivity contribution in [2.45, 2.75) is 51.0 Å². The average molecular weight is 384 g/mol. The van der Waals surface area contributed by atoms with Gasteiger partial charge in [-0.3, -0.25) is 14.4 Å². The molecule has 3 N–H and O–H groups in total. The van der Waals surface area contributed by atoms with E-state index in [0.717, 1.165) is 44.9 Å². The van der Waals surface area contributed by atoms with Gasteiger partial charge in [-0.15, -0.1) is 0 Å². The highest BCUT2D eigenvalue weighted by Gasteiger charge is 2.75. The van der Waals surface area contributed by atoms with Crippen LogP contribution in [-0.2, 0) is 14.4 Å². The van der Waals surface area contributed by atoms with Gasteiger partial charge in [-0.2, -0.15) is 0 Å². The standard InChI is InChI=1S/C22H28N2O4/c25-13-10-22(11-13)5-3-12(4-6-22)20(27)23-7-1-2-8-24-21(28)18-15-9-14-16(18)17(14)19(15)26/h12-18,25H,3-11H2,(H,23,27)(H,24,28). The molecule has 0 aromatic heterocycles. The van der Waals surface area contributed by atoms with Crippen LogP contribution in [0.5, 0.6) is 0 Å². The number of aliphatic hydroxyl groups excluding tert-OH is 1. The molecule has 6 fully saturated rings. The summed E-state index contributed by atoms with van der Waals surface area (Å²) >= 11 is 0. The molecule has 2 amide bonds. The van der Waals surface area contributed by atoms with Crippen LogP contribution in [-0.4, -0.2) is 41.9 Å². The summed E-state index contributed by atoms with van der Waals surface area (Å²) in [5, 5.41) is 15.2. The van der Waals surface area contributed by atoms with Crippen LogP contribution in [0.3, 0.4) is 0 Å². The lowest BCUT2D eigenvalue weighted by Gasteiger charge is -2.49. The van der Waals surface area contributed by atoms with Crippen molar-refractivity contribution in [2.75, 3.05) is 13.1 Å². The van der Waals surface area contributed by atoms with Gasteiger partial charge in [0.1, 0.15) is 5.78 Å². The van der Waals surface area contributed by atoms with Crippen molar-refractivity contribution in [3.63, 3.8) is 0 Å². The average Bonchev–Trinajstić information content (AvgIpc) is 2.92. The summed E-state index contributed by atoms with van der Waals surface area (Å²) < 4.78 is 0. The zero-order chi connectivity index (χ0) is 19.5. The van der Waals surface area contributed by atoms with E-state index < -0.39 is 0 Å². The highest BCUT2D eigenvalue weighted by molar-refractivity contribution is 5.99. The van der Waals surface area contributed by atoms with Gasteiger partial charge in [-0.1, -0.05) is 11.8 Å². The minimum absolute atomic E-state index is 0.0265. The number of amides is 2. The molecule has 0 aliphatic heterocycles. The first kappa shape index (κ1) is 18.2. The Morgan fingerprint density at radius 3 is 2.21 bits per heavy atom. The van der Waals surface area contributed by atoms with Gasteiger partial charge < -0.3 is 15.7 Å². The molecule has 6 saturated carbocycles. The van der Waals surface area contributed by atoms with E-state index in [1.807, 2.05) is 0 Å². The predicted molar refractivity (Wildman–Crippen MR) is 101 cm³/mol. The number of ketones is 1. The maximum absolute atomic E-state index is 12.3. The minimum atomic E-state index is -0.133. The molecule has 0 aromatic rings. The van der Waals surface area contributed by atoms with Gasteiger partial charge in [0, 0.05) is 17.8 Å². The second-order valence-electron chi connectivity index (χ2n) is 9.66. The highest BCUT2D eigenvalue weighted by Crippen LogP contribution is 2.71. The second kappa shape index (κ2) is 6.59. The molecule has 4 bridgehead atoms. The second-order valence-corrected chi connectivity index (χ2v) is 9.66. The lowest BCUT2D eigenvalue weighted by Crippen LogP contribution is -2.45. The Kier molecular flexibility index (Phi) is 4.28. The van der Waals surface area contributed by atoms with E-state index in [4.69, 9.17) is 0 Å². The SMILES string of the molecule is O=C(NCC#CCNC(=O)C1C2CC3C(C2=O)C31)C1CCC2(CC1)CC(O)C2. The number of aliphatic hydroxyl groups is 1. The fourth-order valence-corrected chi connectivity index (χ4v) is 6.69. The Labute approximate surface area is 165 Å². The van der Waals surface area contributed by atoms with E-state index >= 15 is 0 Å². The van der Waals surface area contributed by atoms with Crippen molar-refractivity contribution in [1.82, 2.24) is 10.6 Å². The van der Waals surface area contributed by atoms with Gasteiger partial charge in [-0.05, 0) is 62.2 Å². The van der Waals surface area contributed by atoms with Gasteiger partial charge in [0.2, 0.25) is 11.8 Å². The van der Waals surface area contributed by atoms with Crippen LogP contribution in [0.25, 0.3) is 0 Å². The fourth-order valence-electron chi connectivity index (χ4n) is 6.69. The van der Waals surface area contributed by atoms with Gasteiger partial charge in [0.05, 0.1) is 25.1 Å². The summed E-state index contributed by atoms with van der Waals surface area (Å²) in [6.45, 7) is 0.564. The van der Waals surface area contributed by atoms with Crippen LogP contribution in [0.2, 0.25) is 0 Å². The Balaban J connectivity index is 0.989. The summed E-state index contributed by atoms with van der Waals surface area (Å²) in [5.41, 5.74) is 0.305. The highest BCUT2D eigenvalue weighted by atomic mass is 16.3. The van der Waals surface area contributed by atoms with Crippen molar-refractivity contribution in [1.29, 1.82) is 0 Å². The largest absolute Gasteiger partial charge is 0.393 e. The fraction of sp³-hybridized carbons (Fsp3) is 0.773. The van der Waals surface area contributed by atoms with E-state index in [-0.39, 0.29) is 48.1 Å². The third-order valence-corrected chi connectivity index (χ3v) is 8.18. The smallest absolute Gasteiger partial charge is 0.224 e. The third kappa shape index (κ3) is 2.86. The summed E-state index contributed by atoms with van der Waals surface area (Å²) in [6.07, 6.45) is 6.44. The monoisotopic (exact) mass is 384 g/mol. The molecule has 0 heterocycles. The predicted octanol–water partition coefficient (Wildman–Crippen LogP) is 0.634. The molecule has 1 spiro atoms. The number of hydrogen-bond acceptors (Lipinski definition) is 4. The van der Waals surface area contributed by atoms with Crippen LogP contribution in [0.1, 0.15) is 44.9 Å². The molecule has 150 valence electrons. The number of hydrogen-bond donors (Lipinski definition) is 3.